The van der Waals surface area contributed by atoms with Crippen molar-refractivity contribution in [3.8, 4) is 0 Å². The minimum absolute atomic E-state index is 0.0400. The van der Waals surface area contributed by atoms with Gasteiger partial charge in [0.2, 0.25) is 0 Å². The Balaban J connectivity index is 2.38. The van der Waals surface area contributed by atoms with Gasteiger partial charge in [-0.1, -0.05) is 0 Å². The lowest BCUT2D eigenvalue weighted by Gasteiger charge is -2.09. The average molecular weight is 198 g/mol. The van der Waals surface area contributed by atoms with Crippen LogP contribution in [0.3, 0.4) is 0 Å². The molecule has 14 heavy (non-hydrogen) atoms. The van der Waals surface area contributed by atoms with Gasteiger partial charge in [0, 0.05) is 5.56 Å². The van der Waals surface area contributed by atoms with Gasteiger partial charge in [-0.3, -0.25) is 0 Å². The monoisotopic (exact) mass is 198 g/mol. The molecule has 0 aliphatic carbocycles. The van der Waals surface area contributed by atoms with E-state index in [9.17, 15) is 5.11 Å². The standard InChI is InChI=1S/C10H14O4/c1-6-8(5-11)9(7(2)14-6)10-12-3-4-13-10/h10-11H,3-5H2,1-2H3. The highest BCUT2D eigenvalue weighted by Gasteiger charge is 2.27. The fourth-order valence-electron chi connectivity index (χ4n) is 1.78. The third kappa shape index (κ3) is 1.45. The van der Waals surface area contributed by atoms with E-state index in [4.69, 9.17) is 13.9 Å². The largest absolute Gasteiger partial charge is 0.466 e. The molecule has 2 heterocycles. The Bertz CT molecular complexity index is 323. The lowest BCUT2D eigenvalue weighted by Crippen LogP contribution is -2.02. The van der Waals surface area contributed by atoms with Crippen molar-refractivity contribution >= 4 is 0 Å². The normalized spacial score (nSPS) is 17.9. The molecule has 1 N–H and O–H groups in total. The van der Waals surface area contributed by atoms with Crippen molar-refractivity contribution in [2.75, 3.05) is 13.2 Å². The van der Waals surface area contributed by atoms with E-state index in [2.05, 4.69) is 0 Å². The summed E-state index contributed by atoms with van der Waals surface area (Å²) in [5.41, 5.74) is 1.64. The summed E-state index contributed by atoms with van der Waals surface area (Å²) in [6.45, 7) is 4.84. The van der Waals surface area contributed by atoms with Gasteiger partial charge in [-0.25, -0.2) is 0 Å². The smallest absolute Gasteiger partial charge is 0.187 e. The van der Waals surface area contributed by atoms with Gasteiger partial charge in [-0.2, -0.15) is 0 Å². The first-order chi connectivity index (χ1) is 6.74. The van der Waals surface area contributed by atoms with Crippen LogP contribution in [0.2, 0.25) is 0 Å². The predicted molar refractivity (Wildman–Crippen MR) is 48.7 cm³/mol. The number of aryl methyl sites for hydroxylation is 2. The van der Waals surface area contributed by atoms with Gasteiger partial charge in [0.15, 0.2) is 6.29 Å². The van der Waals surface area contributed by atoms with Gasteiger partial charge >= 0.3 is 0 Å². The summed E-state index contributed by atoms with van der Waals surface area (Å²) in [6, 6.07) is 0. The minimum atomic E-state index is -0.366. The van der Waals surface area contributed by atoms with Crippen LogP contribution in [0, 0.1) is 13.8 Å². The number of hydrogen-bond acceptors (Lipinski definition) is 4. The summed E-state index contributed by atoms with van der Waals surface area (Å²) in [5, 5.41) is 9.20. The Morgan fingerprint density at radius 3 is 2.43 bits per heavy atom. The van der Waals surface area contributed by atoms with E-state index in [-0.39, 0.29) is 12.9 Å². The molecule has 0 amide bonds. The van der Waals surface area contributed by atoms with Crippen LogP contribution in [0.25, 0.3) is 0 Å². The summed E-state index contributed by atoms with van der Waals surface area (Å²) in [7, 11) is 0. The van der Waals surface area contributed by atoms with Crippen molar-refractivity contribution in [1.82, 2.24) is 0 Å². The molecule has 0 unspecified atom stereocenters. The Morgan fingerprint density at radius 2 is 1.86 bits per heavy atom. The zero-order valence-electron chi connectivity index (χ0n) is 8.37. The van der Waals surface area contributed by atoms with Crippen molar-refractivity contribution in [3.63, 3.8) is 0 Å². The summed E-state index contributed by atoms with van der Waals surface area (Å²) >= 11 is 0. The Hall–Kier alpha value is -0.840. The Morgan fingerprint density at radius 1 is 1.21 bits per heavy atom. The van der Waals surface area contributed by atoms with Crippen molar-refractivity contribution < 1.29 is 19.0 Å². The lowest BCUT2D eigenvalue weighted by atomic mass is 10.1. The summed E-state index contributed by atoms with van der Waals surface area (Å²) < 4.78 is 16.2. The maximum atomic E-state index is 9.20. The average Bonchev–Trinajstić information content (AvgIpc) is 2.72. The second-order valence-electron chi connectivity index (χ2n) is 3.34. The molecular formula is C10H14O4. The first-order valence-corrected chi connectivity index (χ1v) is 4.67. The van der Waals surface area contributed by atoms with Crippen molar-refractivity contribution in [1.29, 1.82) is 0 Å². The van der Waals surface area contributed by atoms with Gasteiger partial charge < -0.3 is 19.0 Å². The molecule has 1 aromatic heterocycles. The maximum Gasteiger partial charge on any atom is 0.187 e. The molecule has 1 saturated heterocycles. The predicted octanol–water partition coefficient (Wildman–Crippen LogP) is 1.43. The van der Waals surface area contributed by atoms with Crippen LogP contribution in [0.5, 0.6) is 0 Å². The van der Waals surface area contributed by atoms with Gasteiger partial charge in [0.1, 0.15) is 11.5 Å². The van der Waals surface area contributed by atoms with Gasteiger partial charge in [-0.05, 0) is 13.8 Å². The second-order valence-corrected chi connectivity index (χ2v) is 3.34. The molecule has 4 heteroatoms. The summed E-state index contributed by atoms with van der Waals surface area (Å²) in [4.78, 5) is 0. The fourth-order valence-corrected chi connectivity index (χ4v) is 1.78. The molecule has 0 atom stereocenters. The molecule has 0 aromatic carbocycles. The number of aliphatic hydroxyl groups is 1. The molecule has 0 spiro atoms. The molecule has 4 nitrogen and oxygen atoms in total. The highest BCUT2D eigenvalue weighted by atomic mass is 16.7. The van der Waals surface area contributed by atoms with Crippen LogP contribution < -0.4 is 0 Å². The molecule has 0 radical (unpaired) electrons. The molecule has 0 saturated carbocycles. The third-order valence-electron chi connectivity index (χ3n) is 2.45. The third-order valence-corrected chi connectivity index (χ3v) is 2.45. The lowest BCUT2D eigenvalue weighted by molar-refractivity contribution is -0.0460. The molecule has 2 rings (SSSR count). The molecule has 1 fully saturated rings. The van der Waals surface area contributed by atoms with Crippen LogP contribution in [-0.2, 0) is 16.1 Å². The number of rotatable bonds is 2. The molecular weight excluding hydrogens is 184 g/mol. The number of aliphatic hydroxyl groups excluding tert-OH is 1. The summed E-state index contributed by atoms with van der Waals surface area (Å²) in [5.74, 6) is 1.50. The number of ether oxygens (including phenoxy) is 2. The van der Waals surface area contributed by atoms with Crippen molar-refractivity contribution in [3.05, 3.63) is 22.6 Å². The van der Waals surface area contributed by atoms with E-state index in [1.807, 2.05) is 13.8 Å². The molecule has 78 valence electrons. The summed E-state index contributed by atoms with van der Waals surface area (Å²) in [6.07, 6.45) is -0.366. The van der Waals surface area contributed by atoms with E-state index >= 15 is 0 Å². The zero-order chi connectivity index (χ0) is 10.1. The van der Waals surface area contributed by atoms with Crippen LogP contribution in [0.4, 0.5) is 0 Å². The zero-order valence-corrected chi connectivity index (χ0v) is 8.37. The van der Waals surface area contributed by atoms with Crippen LogP contribution in [0.15, 0.2) is 4.42 Å². The first-order valence-electron chi connectivity index (χ1n) is 4.67. The van der Waals surface area contributed by atoms with E-state index in [1.54, 1.807) is 0 Å². The SMILES string of the molecule is Cc1oc(C)c(C2OCCO2)c1CO. The number of furan rings is 1. The topological polar surface area (TPSA) is 51.8 Å². The first kappa shape index (κ1) is 9.71. The second kappa shape index (κ2) is 3.73. The molecule has 1 aromatic rings. The van der Waals surface area contributed by atoms with E-state index < -0.39 is 0 Å². The highest BCUT2D eigenvalue weighted by Crippen LogP contribution is 2.32. The van der Waals surface area contributed by atoms with E-state index in [1.165, 1.54) is 0 Å². The molecule has 1 aliphatic rings. The maximum absolute atomic E-state index is 9.20. The highest BCUT2D eigenvalue weighted by molar-refractivity contribution is 5.33. The van der Waals surface area contributed by atoms with Gasteiger partial charge in [0.25, 0.3) is 0 Å². The van der Waals surface area contributed by atoms with Crippen molar-refractivity contribution in [2.45, 2.75) is 26.7 Å². The van der Waals surface area contributed by atoms with Crippen molar-refractivity contribution in [2.24, 2.45) is 0 Å². The molecule has 1 aliphatic heterocycles. The van der Waals surface area contributed by atoms with E-state index in [0.29, 0.717) is 13.2 Å². The van der Waals surface area contributed by atoms with Gasteiger partial charge in [-0.15, -0.1) is 0 Å². The quantitative estimate of drug-likeness (QED) is 0.781. The number of hydrogen-bond donors (Lipinski definition) is 1. The Labute approximate surface area is 82.4 Å². The van der Waals surface area contributed by atoms with E-state index in [0.717, 1.165) is 22.6 Å². The van der Waals surface area contributed by atoms with Gasteiger partial charge in [0.05, 0.1) is 25.4 Å². The van der Waals surface area contributed by atoms with Crippen LogP contribution >= 0.6 is 0 Å². The van der Waals surface area contributed by atoms with Crippen LogP contribution in [-0.4, -0.2) is 18.3 Å². The fraction of sp³-hybridized carbons (Fsp3) is 0.600. The van der Waals surface area contributed by atoms with Crippen LogP contribution in [0.1, 0.15) is 28.9 Å². The molecule has 0 bridgehead atoms. The Kier molecular flexibility index (Phi) is 2.58. The minimum Gasteiger partial charge on any atom is -0.466 e.